The van der Waals surface area contributed by atoms with Crippen LogP contribution in [0.4, 0.5) is 0 Å². The van der Waals surface area contributed by atoms with Crippen LogP contribution < -0.4 is 0 Å². The molecule has 0 saturated carbocycles. The highest BCUT2D eigenvalue weighted by molar-refractivity contribution is 5.73. The lowest BCUT2D eigenvalue weighted by molar-refractivity contribution is -0.139. The zero-order chi connectivity index (χ0) is 9.40. The maximum atomic E-state index is 10.6. The smallest absolute Gasteiger partial charge is 0.318 e. The van der Waals surface area contributed by atoms with Crippen LogP contribution in [0, 0.1) is 17.8 Å². The van der Waals surface area contributed by atoms with Crippen LogP contribution >= 0.6 is 0 Å². The molecule has 0 rings (SSSR count). The van der Waals surface area contributed by atoms with Crippen LogP contribution in [0.5, 0.6) is 0 Å². The quantitative estimate of drug-likeness (QED) is 0.505. The number of aliphatic carboxylic acids is 1. The first-order valence-electron chi connectivity index (χ1n) is 4.37. The minimum Gasteiger partial charge on any atom is -0.480 e. The molecule has 0 spiro atoms. The number of carboxylic acids is 1. The van der Waals surface area contributed by atoms with Gasteiger partial charge >= 0.3 is 5.97 Å². The van der Waals surface area contributed by atoms with Crippen LogP contribution in [0.15, 0.2) is 0 Å². The molecule has 0 aromatic carbocycles. The number of carbonyl (C=O) groups is 1. The van der Waals surface area contributed by atoms with Crippen molar-refractivity contribution >= 4 is 5.97 Å². The standard InChI is InChI=1S/C10H16O2/c1-3-5-6-8-9(7-4-2)10(11)12/h9H,3,5-6,8H2,1-2H3,(H,11,12)/t9-/m1/s1. The van der Waals surface area contributed by atoms with Crippen LogP contribution in [0.1, 0.15) is 39.5 Å². The van der Waals surface area contributed by atoms with Crippen LogP contribution in [0.3, 0.4) is 0 Å². The summed E-state index contributed by atoms with van der Waals surface area (Å²) in [6, 6.07) is 0. The lowest BCUT2D eigenvalue weighted by atomic mass is 10.0. The van der Waals surface area contributed by atoms with Crippen molar-refractivity contribution in [1.29, 1.82) is 0 Å². The molecule has 0 heterocycles. The van der Waals surface area contributed by atoms with E-state index in [9.17, 15) is 4.79 Å². The second-order valence-corrected chi connectivity index (χ2v) is 2.78. The van der Waals surface area contributed by atoms with Gasteiger partial charge in [-0.3, -0.25) is 4.79 Å². The summed E-state index contributed by atoms with van der Waals surface area (Å²) in [4.78, 5) is 10.6. The van der Waals surface area contributed by atoms with E-state index < -0.39 is 11.9 Å². The highest BCUT2D eigenvalue weighted by atomic mass is 16.4. The van der Waals surface area contributed by atoms with Crippen molar-refractivity contribution in [2.24, 2.45) is 5.92 Å². The van der Waals surface area contributed by atoms with Gasteiger partial charge in [-0.1, -0.05) is 32.1 Å². The van der Waals surface area contributed by atoms with Crippen molar-refractivity contribution in [2.45, 2.75) is 39.5 Å². The molecule has 2 nitrogen and oxygen atoms in total. The van der Waals surface area contributed by atoms with Crippen molar-refractivity contribution < 1.29 is 9.90 Å². The topological polar surface area (TPSA) is 37.3 Å². The molecule has 0 fully saturated rings. The Bertz CT molecular complexity index is 186. The third kappa shape index (κ3) is 4.79. The van der Waals surface area contributed by atoms with E-state index in [1.807, 2.05) is 0 Å². The molecule has 0 amide bonds. The van der Waals surface area contributed by atoms with Gasteiger partial charge in [0.05, 0.1) is 0 Å². The zero-order valence-electron chi connectivity index (χ0n) is 7.76. The maximum Gasteiger partial charge on any atom is 0.318 e. The zero-order valence-corrected chi connectivity index (χ0v) is 7.76. The Hall–Kier alpha value is -0.970. The average molecular weight is 168 g/mol. The van der Waals surface area contributed by atoms with Crippen LogP contribution in [0.25, 0.3) is 0 Å². The highest BCUT2D eigenvalue weighted by Gasteiger charge is 2.12. The van der Waals surface area contributed by atoms with Crippen LogP contribution in [0.2, 0.25) is 0 Å². The van der Waals surface area contributed by atoms with Gasteiger partial charge in [0.15, 0.2) is 0 Å². The van der Waals surface area contributed by atoms with Crippen molar-refractivity contribution in [1.82, 2.24) is 0 Å². The summed E-state index contributed by atoms with van der Waals surface area (Å²) < 4.78 is 0. The highest BCUT2D eigenvalue weighted by Crippen LogP contribution is 2.08. The molecule has 1 atom stereocenters. The van der Waals surface area contributed by atoms with Crippen LogP contribution in [-0.2, 0) is 4.79 Å². The number of carboxylic acid groups (broad SMARTS) is 1. The Morgan fingerprint density at radius 1 is 1.50 bits per heavy atom. The Balaban J connectivity index is 3.77. The molecule has 0 aliphatic carbocycles. The fourth-order valence-corrected chi connectivity index (χ4v) is 1.03. The van der Waals surface area contributed by atoms with E-state index in [4.69, 9.17) is 5.11 Å². The third-order valence-corrected chi connectivity index (χ3v) is 1.71. The van der Waals surface area contributed by atoms with Gasteiger partial charge in [0.1, 0.15) is 5.92 Å². The molecule has 0 radical (unpaired) electrons. The normalized spacial score (nSPS) is 11.5. The van der Waals surface area contributed by atoms with Gasteiger partial charge in [-0.15, -0.1) is 5.92 Å². The number of rotatable bonds is 5. The van der Waals surface area contributed by atoms with Gasteiger partial charge in [-0.25, -0.2) is 0 Å². The first-order chi connectivity index (χ1) is 5.72. The third-order valence-electron chi connectivity index (χ3n) is 1.71. The van der Waals surface area contributed by atoms with E-state index >= 15 is 0 Å². The van der Waals surface area contributed by atoms with Crippen molar-refractivity contribution in [3.8, 4) is 11.8 Å². The van der Waals surface area contributed by atoms with Gasteiger partial charge < -0.3 is 5.11 Å². The summed E-state index contributed by atoms with van der Waals surface area (Å²) >= 11 is 0. The SMILES string of the molecule is CC#C[C@H](CCCCC)C(=O)O. The van der Waals surface area contributed by atoms with Gasteiger partial charge in [0.25, 0.3) is 0 Å². The fraction of sp³-hybridized carbons (Fsp3) is 0.700. The minimum absolute atomic E-state index is 0.457. The molecule has 0 unspecified atom stereocenters. The lowest BCUT2D eigenvalue weighted by Crippen LogP contribution is -2.11. The molecule has 1 N–H and O–H groups in total. The molecular formula is C10H16O2. The summed E-state index contributed by atoms with van der Waals surface area (Å²) in [5.74, 6) is 4.09. The van der Waals surface area contributed by atoms with Gasteiger partial charge in [0, 0.05) is 0 Å². The maximum absolute atomic E-state index is 10.6. The van der Waals surface area contributed by atoms with Crippen LogP contribution in [-0.4, -0.2) is 11.1 Å². The summed E-state index contributed by atoms with van der Waals surface area (Å²) in [5.41, 5.74) is 0. The van der Waals surface area contributed by atoms with E-state index in [1.54, 1.807) is 6.92 Å². The van der Waals surface area contributed by atoms with Crippen molar-refractivity contribution in [3.63, 3.8) is 0 Å². The Kier molecular flexibility index (Phi) is 6.18. The molecule has 0 aromatic heterocycles. The first-order valence-corrected chi connectivity index (χ1v) is 4.37. The Morgan fingerprint density at radius 2 is 2.17 bits per heavy atom. The summed E-state index contributed by atoms with van der Waals surface area (Å²) in [6.45, 7) is 3.77. The van der Waals surface area contributed by atoms with Crippen molar-refractivity contribution in [3.05, 3.63) is 0 Å². The number of hydrogen-bond acceptors (Lipinski definition) is 1. The second kappa shape index (κ2) is 6.72. The molecule has 0 saturated heterocycles. The first kappa shape index (κ1) is 11.0. The van der Waals surface area contributed by atoms with Gasteiger partial charge in [-0.05, 0) is 13.3 Å². The molecule has 68 valence electrons. The minimum atomic E-state index is -0.791. The molecule has 12 heavy (non-hydrogen) atoms. The summed E-state index contributed by atoms with van der Waals surface area (Å²) in [7, 11) is 0. The number of hydrogen-bond donors (Lipinski definition) is 1. The predicted octanol–water partition coefficient (Wildman–Crippen LogP) is 2.29. The van der Waals surface area contributed by atoms with E-state index in [1.165, 1.54) is 0 Å². The molecule has 0 aliphatic rings. The van der Waals surface area contributed by atoms with Gasteiger partial charge in [-0.2, -0.15) is 0 Å². The number of unbranched alkanes of at least 4 members (excludes halogenated alkanes) is 2. The Morgan fingerprint density at radius 3 is 2.58 bits per heavy atom. The molecular weight excluding hydrogens is 152 g/mol. The van der Waals surface area contributed by atoms with E-state index in [-0.39, 0.29) is 0 Å². The predicted molar refractivity (Wildman–Crippen MR) is 48.7 cm³/mol. The monoisotopic (exact) mass is 168 g/mol. The molecule has 2 heteroatoms. The fourth-order valence-electron chi connectivity index (χ4n) is 1.03. The van der Waals surface area contributed by atoms with Crippen molar-refractivity contribution in [2.75, 3.05) is 0 Å². The van der Waals surface area contributed by atoms with E-state index in [0.29, 0.717) is 6.42 Å². The summed E-state index contributed by atoms with van der Waals surface area (Å²) in [5, 5.41) is 8.70. The lowest BCUT2D eigenvalue weighted by Gasteiger charge is -2.03. The Labute approximate surface area is 74.0 Å². The van der Waals surface area contributed by atoms with E-state index in [2.05, 4.69) is 18.8 Å². The summed E-state index contributed by atoms with van der Waals surface area (Å²) in [6.07, 6.45) is 3.85. The molecule has 0 bridgehead atoms. The van der Waals surface area contributed by atoms with Gasteiger partial charge in [0.2, 0.25) is 0 Å². The average Bonchev–Trinajstić information content (AvgIpc) is 2.03. The molecule has 0 aromatic rings. The van der Waals surface area contributed by atoms with E-state index in [0.717, 1.165) is 19.3 Å². The molecule has 0 aliphatic heterocycles. The largest absolute Gasteiger partial charge is 0.480 e. The second-order valence-electron chi connectivity index (χ2n) is 2.78.